The molecule has 0 aromatic heterocycles. The Balaban J connectivity index is 1.67. The molecular weight excluding hydrogens is 559 g/mol. The van der Waals surface area contributed by atoms with Crippen LogP contribution in [0.4, 0.5) is 11.4 Å². The number of amides is 1. The number of hydrogen-bond acceptors (Lipinski definition) is 7. The summed E-state index contributed by atoms with van der Waals surface area (Å²) in [4.78, 5) is 16.2. The van der Waals surface area contributed by atoms with Gasteiger partial charge in [-0.1, -0.05) is 0 Å². The molecule has 1 aliphatic rings. The van der Waals surface area contributed by atoms with E-state index in [1.54, 1.807) is 48.5 Å². The van der Waals surface area contributed by atoms with Crippen molar-refractivity contribution in [1.29, 1.82) is 0 Å². The molecule has 0 aliphatic carbocycles. The zero-order valence-electron chi connectivity index (χ0n) is 22.2. The molecule has 1 heterocycles. The van der Waals surface area contributed by atoms with Gasteiger partial charge in [-0.15, -0.1) is 11.8 Å². The molecule has 39 heavy (non-hydrogen) atoms. The lowest BCUT2D eigenvalue weighted by Gasteiger charge is -2.27. The number of rotatable bonds is 10. The summed E-state index contributed by atoms with van der Waals surface area (Å²) in [6.45, 7) is 2.21. The molecule has 3 aromatic rings. The summed E-state index contributed by atoms with van der Waals surface area (Å²) < 4.78 is 60.5. The minimum absolute atomic E-state index is 0.0716. The van der Waals surface area contributed by atoms with Crippen LogP contribution < -0.4 is 13.9 Å². The summed E-state index contributed by atoms with van der Waals surface area (Å²) in [6, 6.07) is 17.7. The number of carbonyl (C=O) groups is 1. The predicted molar refractivity (Wildman–Crippen MR) is 154 cm³/mol. The van der Waals surface area contributed by atoms with Crippen LogP contribution in [0.15, 0.2) is 81.4 Å². The van der Waals surface area contributed by atoms with Crippen molar-refractivity contribution in [2.24, 2.45) is 0 Å². The summed E-state index contributed by atoms with van der Waals surface area (Å²) in [5.41, 5.74) is 1.62. The van der Waals surface area contributed by atoms with Crippen LogP contribution in [-0.2, 0) is 31.3 Å². The van der Waals surface area contributed by atoms with Crippen molar-refractivity contribution in [2.45, 2.75) is 28.0 Å². The molecule has 3 aromatic carbocycles. The minimum atomic E-state index is -4.09. The molecule has 1 amide bonds. The van der Waals surface area contributed by atoms with E-state index in [9.17, 15) is 21.6 Å². The third kappa shape index (κ3) is 5.93. The Morgan fingerprint density at radius 2 is 1.56 bits per heavy atom. The van der Waals surface area contributed by atoms with Crippen LogP contribution in [0.5, 0.6) is 5.75 Å². The third-order valence-electron chi connectivity index (χ3n) is 6.39. The fraction of sp³-hybridized carbons (Fsp3) is 0.296. The highest BCUT2D eigenvalue weighted by Crippen LogP contribution is 2.32. The van der Waals surface area contributed by atoms with Gasteiger partial charge >= 0.3 is 0 Å². The van der Waals surface area contributed by atoms with Crippen LogP contribution in [0.25, 0.3) is 0 Å². The molecule has 0 unspecified atom stereocenters. The van der Waals surface area contributed by atoms with Crippen molar-refractivity contribution in [3.63, 3.8) is 0 Å². The maximum atomic E-state index is 13.8. The Hall–Kier alpha value is -3.06. The number of hydrogen-bond donors (Lipinski definition) is 0. The first kappa shape index (κ1) is 28.9. The lowest BCUT2D eigenvalue weighted by molar-refractivity contribution is -0.117. The van der Waals surface area contributed by atoms with Crippen molar-refractivity contribution >= 4 is 49.1 Å². The van der Waals surface area contributed by atoms with E-state index in [1.165, 1.54) is 49.0 Å². The average molecular weight is 590 g/mol. The quantitative estimate of drug-likeness (QED) is 0.331. The molecule has 0 N–H and O–H groups in total. The van der Waals surface area contributed by atoms with Gasteiger partial charge in [0.2, 0.25) is 15.9 Å². The molecule has 0 fully saturated rings. The Bertz CT molecular complexity index is 1560. The highest BCUT2D eigenvalue weighted by Gasteiger charge is 2.32. The number of nitrogens with zero attached hydrogens (tertiary/aromatic N) is 3. The van der Waals surface area contributed by atoms with E-state index in [2.05, 4.69) is 0 Å². The number of fused-ring (bicyclic) bond motifs is 1. The topological polar surface area (TPSA) is 104 Å². The van der Waals surface area contributed by atoms with Gasteiger partial charge in [-0.2, -0.15) is 0 Å². The first-order valence-electron chi connectivity index (χ1n) is 12.2. The largest absolute Gasteiger partial charge is 0.494 e. The van der Waals surface area contributed by atoms with Crippen molar-refractivity contribution < 1.29 is 26.4 Å². The fourth-order valence-corrected chi connectivity index (χ4v) is 7.06. The molecule has 0 saturated heterocycles. The van der Waals surface area contributed by atoms with Crippen molar-refractivity contribution in [1.82, 2.24) is 4.31 Å². The average Bonchev–Trinajstić information content (AvgIpc) is 3.36. The second-order valence-electron chi connectivity index (χ2n) is 8.99. The van der Waals surface area contributed by atoms with E-state index >= 15 is 0 Å². The van der Waals surface area contributed by atoms with Crippen LogP contribution in [0.1, 0.15) is 12.5 Å². The lowest BCUT2D eigenvalue weighted by atomic mass is 10.2. The molecule has 1 aliphatic heterocycles. The monoisotopic (exact) mass is 589 g/mol. The van der Waals surface area contributed by atoms with Gasteiger partial charge in [-0.25, -0.2) is 21.1 Å². The van der Waals surface area contributed by atoms with Crippen molar-refractivity contribution in [2.75, 3.05) is 49.3 Å². The number of carbonyl (C=O) groups excluding carboxylic acids is 1. The zero-order chi connectivity index (χ0) is 28.4. The SMILES string of the molecule is CCOc1ccc(N(CC(=O)N2CCc3cc(S(=O)(=O)N(C)C)ccc32)S(=O)(=O)c2ccc(SC)cc2)cc1. The minimum Gasteiger partial charge on any atom is -0.494 e. The number of sulfonamides is 2. The first-order valence-corrected chi connectivity index (χ1v) is 16.3. The molecule has 0 radical (unpaired) electrons. The standard InChI is InChI=1S/C27H31N3O6S3/c1-5-36-22-8-6-21(7-9-22)30(39(34,35)24-12-10-23(37-4)11-13-24)19-27(31)29-17-16-20-18-25(14-15-26(20)29)38(32,33)28(2)3/h6-15,18H,5,16-17,19H2,1-4H3. The third-order valence-corrected chi connectivity index (χ3v) is 10.7. The van der Waals surface area contributed by atoms with E-state index in [0.29, 0.717) is 36.7 Å². The van der Waals surface area contributed by atoms with Crippen LogP contribution >= 0.6 is 11.8 Å². The number of ether oxygens (including phenoxy) is 1. The van der Waals surface area contributed by atoms with Gasteiger partial charge in [0.05, 0.1) is 22.1 Å². The van der Waals surface area contributed by atoms with E-state index < -0.39 is 32.5 Å². The molecule has 0 atom stereocenters. The molecular formula is C27H31N3O6S3. The zero-order valence-corrected chi connectivity index (χ0v) is 24.6. The van der Waals surface area contributed by atoms with Crippen LogP contribution in [0.3, 0.4) is 0 Å². The highest BCUT2D eigenvalue weighted by atomic mass is 32.2. The smallest absolute Gasteiger partial charge is 0.264 e. The summed E-state index contributed by atoms with van der Waals surface area (Å²) in [6.07, 6.45) is 2.37. The summed E-state index contributed by atoms with van der Waals surface area (Å²) >= 11 is 1.50. The predicted octanol–water partition coefficient (Wildman–Crippen LogP) is 3.84. The van der Waals surface area contributed by atoms with E-state index in [0.717, 1.165) is 19.1 Å². The highest BCUT2D eigenvalue weighted by molar-refractivity contribution is 7.98. The second kappa shape index (κ2) is 11.6. The van der Waals surface area contributed by atoms with Gasteiger partial charge in [0, 0.05) is 31.2 Å². The van der Waals surface area contributed by atoms with Gasteiger partial charge in [0.1, 0.15) is 12.3 Å². The van der Waals surface area contributed by atoms with Crippen molar-refractivity contribution in [3.8, 4) is 5.75 Å². The van der Waals surface area contributed by atoms with Crippen LogP contribution in [0, 0.1) is 0 Å². The summed E-state index contributed by atoms with van der Waals surface area (Å²) in [5, 5.41) is 0. The Kier molecular flexibility index (Phi) is 8.60. The molecule has 0 bridgehead atoms. The Morgan fingerprint density at radius 1 is 0.923 bits per heavy atom. The van der Waals surface area contributed by atoms with E-state index in [4.69, 9.17) is 4.74 Å². The van der Waals surface area contributed by atoms with Gasteiger partial charge < -0.3 is 9.64 Å². The Morgan fingerprint density at radius 3 is 2.15 bits per heavy atom. The Labute approximate surface area is 234 Å². The second-order valence-corrected chi connectivity index (χ2v) is 13.9. The van der Waals surface area contributed by atoms with Crippen molar-refractivity contribution in [3.05, 3.63) is 72.3 Å². The van der Waals surface area contributed by atoms with Gasteiger partial charge in [0.15, 0.2) is 0 Å². The molecule has 9 nitrogen and oxygen atoms in total. The number of anilines is 2. The maximum absolute atomic E-state index is 13.8. The van der Waals surface area contributed by atoms with Crippen LogP contribution in [-0.4, -0.2) is 67.1 Å². The van der Waals surface area contributed by atoms with Gasteiger partial charge in [-0.3, -0.25) is 9.10 Å². The summed E-state index contributed by atoms with van der Waals surface area (Å²) in [5.74, 6) is 0.168. The van der Waals surface area contributed by atoms with Gasteiger partial charge in [-0.05, 0) is 91.9 Å². The normalized spacial score (nSPS) is 13.4. The maximum Gasteiger partial charge on any atom is 0.264 e. The van der Waals surface area contributed by atoms with E-state index in [-0.39, 0.29) is 9.79 Å². The van der Waals surface area contributed by atoms with Crippen LogP contribution in [0.2, 0.25) is 0 Å². The number of thioether (sulfide) groups is 1. The van der Waals surface area contributed by atoms with E-state index in [1.807, 2.05) is 13.2 Å². The molecule has 12 heteroatoms. The number of benzene rings is 3. The molecule has 0 spiro atoms. The first-order chi connectivity index (χ1) is 18.5. The molecule has 0 saturated carbocycles. The molecule has 208 valence electrons. The van der Waals surface area contributed by atoms with Gasteiger partial charge in [0.25, 0.3) is 10.0 Å². The summed E-state index contributed by atoms with van der Waals surface area (Å²) in [7, 11) is -4.79. The fourth-order valence-electron chi connectivity index (χ4n) is 4.28. The lowest BCUT2D eigenvalue weighted by Crippen LogP contribution is -2.42. The molecule has 4 rings (SSSR count).